The van der Waals surface area contributed by atoms with Gasteiger partial charge in [-0.2, -0.15) is 10.2 Å². The highest BCUT2D eigenvalue weighted by Gasteiger charge is 2.10. The van der Waals surface area contributed by atoms with Crippen LogP contribution in [0.2, 0.25) is 0 Å². The zero-order chi connectivity index (χ0) is 17.6. The molecular formula is C17H14N4O3S. The molecule has 3 aromatic rings. The Morgan fingerprint density at radius 1 is 1.28 bits per heavy atom. The Bertz CT molecular complexity index is 916. The third-order valence-electron chi connectivity index (χ3n) is 3.11. The molecule has 1 amide bonds. The average molecular weight is 354 g/mol. The molecule has 0 radical (unpaired) electrons. The lowest BCUT2D eigenvalue weighted by molar-refractivity contribution is 0.0739. The summed E-state index contributed by atoms with van der Waals surface area (Å²) in [5, 5.41) is 12.2. The Morgan fingerprint density at radius 3 is 2.88 bits per heavy atom. The fourth-order valence-electron chi connectivity index (χ4n) is 1.97. The largest absolute Gasteiger partial charge is 0.422 e. The molecule has 0 aliphatic heterocycles. The number of amides is 1. The van der Waals surface area contributed by atoms with Crippen molar-refractivity contribution < 1.29 is 14.3 Å². The molecule has 2 N–H and O–H groups in total. The second-order valence-corrected chi connectivity index (χ2v) is 6.02. The number of carbonyl (C=O) groups is 2. The first-order valence-electron chi connectivity index (χ1n) is 7.33. The summed E-state index contributed by atoms with van der Waals surface area (Å²) in [6.07, 6.45) is 1.46. The summed E-state index contributed by atoms with van der Waals surface area (Å²) in [6.45, 7) is 1.80. The minimum absolute atomic E-state index is 0.258. The maximum atomic E-state index is 11.9. The van der Waals surface area contributed by atoms with E-state index in [2.05, 4.69) is 20.7 Å². The van der Waals surface area contributed by atoms with E-state index in [0.29, 0.717) is 16.2 Å². The first-order valence-corrected chi connectivity index (χ1v) is 8.21. The number of thiophene rings is 1. The van der Waals surface area contributed by atoms with Gasteiger partial charge in [0.2, 0.25) is 0 Å². The number of benzene rings is 1. The molecule has 0 saturated carbocycles. The van der Waals surface area contributed by atoms with Gasteiger partial charge in [-0.1, -0.05) is 18.2 Å². The summed E-state index contributed by atoms with van der Waals surface area (Å²) in [7, 11) is 0. The highest BCUT2D eigenvalue weighted by atomic mass is 32.1. The van der Waals surface area contributed by atoms with Gasteiger partial charge in [-0.05, 0) is 42.1 Å². The van der Waals surface area contributed by atoms with Crippen molar-refractivity contribution in [1.82, 2.24) is 15.6 Å². The molecule has 2 aromatic heterocycles. The third kappa shape index (κ3) is 4.39. The van der Waals surface area contributed by atoms with Crippen molar-refractivity contribution in [3.05, 3.63) is 69.7 Å². The first-order chi connectivity index (χ1) is 12.1. The van der Waals surface area contributed by atoms with E-state index < -0.39 is 11.9 Å². The van der Waals surface area contributed by atoms with Gasteiger partial charge < -0.3 is 4.74 Å². The maximum Gasteiger partial charge on any atom is 0.353 e. The van der Waals surface area contributed by atoms with E-state index in [9.17, 15) is 9.59 Å². The fraction of sp³-hybridized carbons (Fsp3) is 0.0588. The Hall–Kier alpha value is -3.26. The smallest absolute Gasteiger partial charge is 0.353 e. The normalized spacial score (nSPS) is 10.8. The number of aryl methyl sites for hydroxylation is 1. The number of H-pyrrole nitrogens is 1. The number of carbonyl (C=O) groups excluding carboxylic acids is 2. The van der Waals surface area contributed by atoms with Crippen molar-refractivity contribution in [2.75, 3.05) is 0 Å². The molecule has 0 atom stereocenters. The minimum atomic E-state index is -0.416. The molecular weight excluding hydrogens is 340 g/mol. The Labute approximate surface area is 147 Å². The van der Waals surface area contributed by atoms with Gasteiger partial charge in [0, 0.05) is 5.69 Å². The molecule has 3 rings (SSSR count). The number of esters is 1. The number of ether oxygens (including phenoxy) is 1. The topological polar surface area (TPSA) is 96.4 Å². The van der Waals surface area contributed by atoms with Crippen molar-refractivity contribution in [1.29, 1.82) is 0 Å². The van der Waals surface area contributed by atoms with Gasteiger partial charge in [-0.25, -0.2) is 10.2 Å². The van der Waals surface area contributed by atoms with Gasteiger partial charge in [0.15, 0.2) is 5.69 Å². The molecule has 0 fully saturated rings. The van der Waals surface area contributed by atoms with Gasteiger partial charge in [-0.3, -0.25) is 9.89 Å². The summed E-state index contributed by atoms with van der Waals surface area (Å²) >= 11 is 1.31. The summed E-state index contributed by atoms with van der Waals surface area (Å²) in [4.78, 5) is 24.3. The van der Waals surface area contributed by atoms with E-state index in [1.54, 1.807) is 49.4 Å². The van der Waals surface area contributed by atoms with E-state index in [-0.39, 0.29) is 5.69 Å². The van der Waals surface area contributed by atoms with Crippen molar-refractivity contribution in [3.8, 4) is 5.75 Å². The summed E-state index contributed by atoms with van der Waals surface area (Å²) < 4.78 is 5.31. The number of hydrazone groups is 1. The van der Waals surface area contributed by atoms with Crippen molar-refractivity contribution in [2.24, 2.45) is 5.10 Å². The van der Waals surface area contributed by atoms with Gasteiger partial charge in [-0.15, -0.1) is 11.3 Å². The monoisotopic (exact) mass is 354 g/mol. The van der Waals surface area contributed by atoms with Gasteiger partial charge >= 0.3 is 5.97 Å². The molecule has 0 spiro atoms. The molecule has 0 aliphatic rings. The van der Waals surface area contributed by atoms with Crippen LogP contribution >= 0.6 is 11.3 Å². The van der Waals surface area contributed by atoms with Gasteiger partial charge in [0.25, 0.3) is 5.91 Å². The van der Waals surface area contributed by atoms with Crippen LogP contribution < -0.4 is 10.2 Å². The Morgan fingerprint density at radius 2 is 2.16 bits per heavy atom. The third-order valence-corrected chi connectivity index (χ3v) is 3.96. The Balaban J connectivity index is 1.61. The van der Waals surface area contributed by atoms with Crippen molar-refractivity contribution in [3.63, 3.8) is 0 Å². The van der Waals surface area contributed by atoms with Crippen LogP contribution in [0.1, 0.15) is 31.4 Å². The standard InChI is InChI=1S/C17H14N4O3S/c1-11-8-14(20-19-11)16(22)21-18-10-12-4-2-5-13(9-12)24-17(23)15-6-3-7-25-15/h2-10H,1H3,(H,19,20)(H,21,22)/b18-10-. The van der Waals surface area contributed by atoms with E-state index in [4.69, 9.17) is 4.74 Å². The molecule has 7 nitrogen and oxygen atoms in total. The summed E-state index contributed by atoms with van der Waals surface area (Å²) in [6, 6.07) is 11.9. The highest BCUT2D eigenvalue weighted by molar-refractivity contribution is 7.12. The molecule has 126 valence electrons. The summed E-state index contributed by atoms with van der Waals surface area (Å²) in [5.41, 5.74) is 4.11. The van der Waals surface area contributed by atoms with Gasteiger partial charge in [0.05, 0.1) is 6.21 Å². The predicted octanol–water partition coefficient (Wildman–Crippen LogP) is 2.76. The van der Waals surface area contributed by atoms with Crippen molar-refractivity contribution in [2.45, 2.75) is 6.92 Å². The predicted molar refractivity (Wildman–Crippen MR) is 94.1 cm³/mol. The van der Waals surface area contributed by atoms with Gasteiger partial charge in [0.1, 0.15) is 10.6 Å². The highest BCUT2D eigenvalue weighted by Crippen LogP contribution is 2.16. The number of nitrogens with zero attached hydrogens (tertiary/aromatic N) is 2. The molecule has 0 saturated heterocycles. The van der Waals surface area contributed by atoms with Crippen LogP contribution in [0.15, 0.2) is 52.9 Å². The average Bonchev–Trinajstić information content (AvgIpc) is 3.26. The lowest BCUT2D eigenvalue weighted by Crippen LogP contribution is -2.18. The number of aromatic amines is 1. The van der Waals surface area contributed by atoms with E-state index in [1.807, 2.05) is 5.38 Å². The number of nitrogens with one attached hydrogen (secondary N) is 2. The minimum Gasteiger partial charge on any atom is -0.422 e. The number of rotatable bonds is 5. The SMILES string of the molecule is Cc1cc(C(=O)N/N=C\c2cccc(OC(=O)c3cccs3)c2)n[nH]1. The van der Waals surface area contributed by atoms with Crippen LogP contribution in [0.5, 0.6) is 5.75 Å². The fourth-order valence-corrected chi connectivity index (χ4v) is 2.57. The Kier molecular flexibility index (Phi) is 5.00. The van der Waals surface area contributed by atoms with E-state index >= 15 is 0 Å². The zero-order valence-corrected chi connectivity index (χ0v) is 14.0. The molecule has 1 aromatic carbocycles. The molecule has 0 unspecified atom stereocenters. The second-order valence-electron chi connectivity index (χ2n) is 5.07. The first kappa shape index (κ1) is 16.6. The zero-order valence-electron chi connectivity index (χ0n) is 13.2. The molecule has 0 aliphatic carbocycles. The van der Waals surface area contributed by atoms with E-state index in [0.717, 1.165) is 5.69 Å². The number of hydrogen-bond donors (Lipinski definition) is 2. The molecule has 8 heteroatoms. The summed E-state index contributed by atoms with van der Waals surface area (Å²) in [5.74, 6) is -0.427. The number of hydrogen-bond acceptors (Lipinski definition) is 6. The lowest BCUT2D eigenvalue weighted by Gasteiger charge is -2.03. The van der Waals surface area contributed by atoms with Crippen LogP contribution in [-0.4, -0.2) is 28.3 Å². The van der Waals surface area contributed by atoms with Crippen LogP contribution in [0.25, 0.3) is 0 Å². The number of aromatic nitrogens is 2. The molecule has 2 heterocycles. The van der Waals surface area contributed by atoms with Crippen LogP contribution in [0.4, 0.5) is 0 Å². The van der Waals surface area contributed by atoms with E-state index in [1.165, 1.54) is 17.6 Å². The maximum absolute atomic E-state index is 11.9. The lowest BCUT2D eigenvalue weighted by atomic mass is 10.2. The van der Waals surface area contributed by atoms with Crippen LogP contribution in [0.3, 0.4) is 0 Å². The van der Waals surface area contributed by atoms with Crippen LogP contribution in [-0.2, 0) is 0 Å². The quantitative estimate of drug-likeness (QED) is 0.319. The molecule has 0 bridgehead atoms. The van der Waals surface area contributed by atoms with Crippen molar-refractivity contribution >= 4 is 29.4 Å². The second kappa shape index (κ2) is 7.54. The van der Waals surface area contributed by atoms with Crippen LogP contribution in [0, 0.1) is 6.92 Å². The molecule has 25 heavy (non-hydrogen) atoms.